The molecule has 0 saturated carbocycles. The van der Waals surface area contributed by atoms with Crippen molar-refractivity contribution in [3.63, 3.8) is 0 Å². The molecule has 1 aromatic carbocycles. The SMILES string of the molecule is COCc1ccc(C(O)CCC(C)(C)C)cc1. The number of benzene rings is 1. The molecule has 0 fully saturated rings. The molecule has 0 amide bonds. The third-order valence-corrected chi connectivity index (χ3v) is 2.84. The first-order valence-electron chi connectivity index (χ1n) is 6.18. The second-order valence-corrected chi connectivity index (χ2v) is 5.79. The molecule has 0 bridgehead atoms. The zero-order valence-corrected chi connectivity index (χ0v) is 11.4. The summed E-state index contributed by atoms with van der Waals surface area (Å²) in [4.78, 5) is 0. The zero-order chi connectivity index (χ0) is 12.9. The maximum atomic E-state index is 10.1. The van der Waals surface area contributed by atoms with Gasteiger partial charge in [0.2, 0.25) is 0 Å². The van der Waals surface area contributed by atoms with Crippen molar-refractivity contribution in [2.24, 2.45) is 5.41 Å². The maximum Gasteiger partial charge on any atom is 0.0790 e. The summed E-state index contributed by atoms with van der Waals surface area (Å²) in [6, 6.07) is 8.00. The van der Waals surface area contributed by atoms with E-state index in [4.69, 9.17) is 4.74 Å². The zero-order valence-electron chi connectivity index (χ0n) is 11.4. The third kappa shape index (κ3) is 5.33. The Labute approximate surface area is 105 Å². The van der Waals surface area contributed by atoms with E-state index in [-0.39, 0.29) is 11.5 Å². The lowest BCUT2D eigenvalue weighted by molar-refractivity contribution is 0.147. The molecule has 0 aliphatic carbocycles. The molecule has 2 heteroatoms. The molecule has 0 aliphatic rings. The summed E-state index contributed by atoms with van der Waals surface area (Å²) in [5.41, 5.74) is 2.41. The van der Waals surface area contributed by atoms with Crippen molar-refractivity contribution in [1.82, 2.24) is 0 Å². The Morgan fingerprint density at radius 1 is 1.18 bits per heavy atom. The minimum atomic E-state index is -0.356. The van der Waals surface area contributed by atoms with Gasteiger partial charge in [0.1, 0.15) is 0 Å². The van der Waals surface area contributed by atoms with E-state index in [2.05, 4.69) is 20.8 Å². The average molecular weight is 236 g/mol. The Hall–Kier alpha value is -0.860. The Morgan fingerprint density at radius 2 is 1.76 bits per heavy atom. The summed E-state index contributed by atoms with van der Waals surface area (Å²) in [5, 5.41) is 10.1. The van der Waals surface area contributed by atoms with E-state index in [1.807, 2.05) is 24.3 Å². The quantitative estimate of drug-likeness (QED) is 0.844. The van der Waals surface area contributed by atoms with Gasteiger partial charge in [-0.25, -0.2) is 0 Å². The highest BCUT2D eigenvalue weighted by atomic mass is 16.5. The summed E-state index contributed by atoms with van der Waals surface area (Å²) < 4.78 is 5.06. The van der Waals surface area contributed by atoms with Crippen molar-refractivity contribution in [2.45, 2.75) is 46.3 Å². The molecule has 17 heavy (non-hydrogen) atoms. The van der Waals surface area contributed by atoms with Crippen LogP contribution in [0.3, 0.4) is 0 Å². The van der Waals surface area contributed by atoms with Crippen LogP contribution < -0.4 is 0 Å². The molecule has 1 rings (SSSR count). The Balaban J connectivity index is 2.54. The van der Waals surface area contributed by atoms with Gasteiger partial charge in [-0.1, -0.05) is 45.0 Å². The van der Waals surface area contributed by atoms with Gasteiger partial charge in [-0.15, -0.1) is 0 Å². The van der Waals surface area contributed by atoms with E-state index in [0.29, 0.717) is 6.61 Å². The van der Waals surface area contributed by atoms with Crippen molar-refractivity contribution < 1.29 is 9.84 Å². The fourth-order valence-corrected chi connectivity index (χ4v) is 1.74. The normalized spacial score (nSPS) is 13.7. The number of hydrogen-bond donors (Lipinski definition) is 1. The van der Waals surface area contributed by atoms with Crippen LogP contribution in [0.15, 0.2) is 24.3 Å². The van der Waals surface area contributed by atoms with Crippen LogP contribution in [0.2, 0.25) is 0 Å². The van der Waals surface area contributed by atoms with E-state index in [9.17, 15) is 5.11 Å². The first-order valence-corrected chi connectivity index (χ1v) is 6.18. The first kappa shape index (κ1) is 14.2. The number of ether oxygens (including phenoxy) is 1. The molecule has 0 heterocycles. The van der Waals surface area contributed by atoms with Crippen molar-refractivity contribution >= 4 is 0 Å². The van der Waals surface area contributed by atoms with Crippen LogP contribution in [0.25, 0.3) is 0 Å². The molecule has 0 saturated heterocycles. The molecular weight excluding hydrogens is 212 g/mol. The van der Waals surface area contributed by atoms with E-state index in [0.717, 1.165) is 24.0 Å². The van der Waals surface area contributed by atoms with Gasteiger partial charge in [0.05, 0.1) is 12.7 Å². The number of aliphatic hydroxyl groups is 1. The molecule has 1 aromatic rings. The molecule has 1 atom stereocenters. The lowest BCUT2D eigenvalue weighted by atomic mass is 9.88. The van der Waals surface area contributed by atoms with E-state index < -0.39 is 0 Å². The summed E-state index contributed by atoms with van der Waals surface area (Å²) in [5.74, 6) is 0. The monoisotopic (exact) mass is 236 g/mol. The van der Waals surface area contributed by atoms with Crippen LogP contribution in [0, 0.1) is 5.41 Å². The highest BCUT2D eigenvalue weighted by Crippen LogP contribution is 2.27. The topological polar surface area (TPSA) is 29.5 Å². The summed E-state index contributed by atoms with van der Waals surface area (Å²) in [6.07, 6.45) is 1.48. The molecule has 2 nitrogen and oxygen atoms in total. The Morgan fingerprint density at radius 3 is 2.24 bits per heavy atom. The van der Waals surface area contributed by atoms with Gasteiger partial charge in [-0.3, -0.25) is 0 Å². The van der Waals surface area contributed by atoms with Crippen LogP contribution in [-0.4, -0.2) is 12.2 Å². The molecule has 0 aliphatic heterocycles. The lowest BCUT2D eigenvalue weighted by Crippen LogP contribution is -2.08. The van der Waals surface area contributed by atoms with Crippen molar-refractivity contribution in [3.8, 4) is 0 Å². The first-order chi connectivity index (χ1) is 7.92. The van der Waals surface area contributed by atoms with E-state index in [1.165, 1.54) is 0 Å². The van der Waals surface area contributed by atoms with Gasteiger partial charge in [-0.05, 0) is 29.4 Å². The number of rotatable bonds is 5. The standard InChI is InChI=1S/C15H24O2/c1-15(2,3)10-9-14(16)13-7-5-12(6-8-13)11-17-4/h5-8,14,16H,9-11H2,1-4H3. The average Bonchev–Trinajstić information content (AvgIpc) is 2.26. The second kappa shape index (κ2) is 6.18. The van der Waals surface area contributed by atoms with Crippen molar-refractivity contribution in [2.75, 3.05) is 7.11 Å². The van der Waals surface area contributed by atoms with Gasteiger partial charge >= 0.3 is 0 Å². The molecule has 1 unspecified atom stereocenters. The Kier molecular flexibility index (Phi) is 5.16. The number of hydrogen-bond acceptors (Lipinski definition) is 2. The molecular formula is C15H24O2. The van der Waals surface area contributed by atoms with Crippen molar-refractivity contribution in [3.05, 3.63) is 35.4 Å². The van der Waals surface area contributed by atoms with Crippen LogP contribution in [-0.2, 0) is 11.3 Å². The van der Waals surface area contributed by atoms with Crippen LogP contribution >= 0.6 is 0 Å². The van der Waals surface area contributed by atoms with E-state index in [1.54, 1.807) is 7.11 Å². The van der Waals surface area contributed by atoms with Gasteiger partial charge in [-0.2, -0.15) is 0 Å². The summed E-state index contributed by atoms with van der Waals surface area (Å²) >= 11 is 0. The fraction of sp³-hybridized carbons (Fsp3) is 0.600. The second-order valence-electron chi connectivity index (χ2n) is 5.79. The highest BCUT2D eigenvalue weighted by Gasteiger charge is 2.14. The molecule has 0 spiro atoms. The van der Waals surface area contributed by atoms with Gasteiger partial charge in [0.25, 0.3) is 0 Å². The molecule has 96 valence electrons. The van der Waals surface area contributed by atoms with Crippen molar-refractivity contribution in [1.29, 1.82) is 0 Å². The number of methoxy groups -OCH3 is 1. The molecule has 0 aromatic heterocycles. The fourth-order valence-electron chi connectivity index (χ4n) is 1.74. The van der Waals surface area contributed by atoms with Crippen LogP contribution in [0.5, 0.6) is 0 Å². The van der Waals surface area contributed by atoms with Gasteiger partial charge in [0.15, 0.2) is 0 Å². The summed E-state index contributed by atoms with van der Waals surface area (Å²) in [7, 11) is 1.69. The van der Waals surface area contributed by atoms with Crippen LogP contribution in [0.4, 0.5) is 0 Å². The minimum absolute atomic E-state index is 0.275. The third-order valence-electron chi connectivity index (χ3n) is 2.84. The minimum Gasteiger partial charge on any atom is -0.388 e. The smallest absolute Gasteiger partial charge is 0.0790 e. The van der Waals surface area contributed by atoms with Gasteiger partial charge < -0.3 is 9.84 Å². The Bertz CT molecular complexity index is 322. The molecule has 1 N–H and O–H groups in total. The predicted octanol–water partition coefficient (Wildman–Crippen LogP) is 3.69. The number of aliphatic hydroxyl groups excluding tert-OH is 1. The van der Waals surface area contributed by atoms with Crippen LogP contribution in [0.1, 0.15) is 50.8 Å². The van der Waals surface area contributed by atoms with E-state index >= 15 is 0 Å². The predicted molar refractivity (Wildman–Crippen MR) is 70.8 cm³/mol. The lowest BCUT2D eigenvalue weighted by Gasteiger charge is -2.20. The highest BCUT2D eigenvalue weighted by molar-refractivity contribution is 5.23. The molecule has 0 radical (unpaired) electrons. The largest absolute Gasteiger partial charge is 0.388 e. The van der Waals surface area contributed by atoms with Gasteiger partial charge in [0, 0.05) is 7.11 Å². The summed E-state index contributed by atoms with van der Waals surface area (Å²) in [6.45, 7) is 7.21. The maximum absolute atomic E-state index is 10.1.